The maximum absolute atomic E-state index is 14.1. The van der Waals surface area contributed by atoms with E-state index in [1.54, 1.807) is 0 Å². The van der Waals surface area contributed by atoms with Gasteiger partial charge in [-0.1, -0.05) is 62.3 Å². The van der Waals surface area contributed by atoms with E-state index in [4.69, 9.17) is 13.6 Å². The minimum atomic E-state index is -2.04. The third kappa shape index (κ3) is 6.41. The standard InChI is InChI=1S/C36H66O5Si2/c1-23(22-39-24(2)37)28-21-30(38)32-26-20-31(41-43(13,14)34(6,7)8)29-19-25(40-42(11,12)33(3,4)5)15-17-35(29,9)27(26)16-18-36(28,32)10/h23,25-29,31-32H,15-22H2,1-14H3/t23-,25+,26-,27+,28-,29-,31+,32-,35-,36-/m1/s1. The summed E-state index contributed by atoms with van der Waals surface area (Å²) in [5.74, 6) is 2.15. The van der Waals surface area contributed by atoms with Gasteiger partial charge in [-0.15, -0.1) is 0 Å². The van der Waals surface area contributed by atoms with E-state index >= 15 is 0 Å². The predicted molar refractivity (Wildman–Crippen MR) is 181 cm³/mol. The van der Waals surface area contributed by atoms with Crippen molar-refractivity contribution in [3.05, 3.63) is 0 Å². The third-order valence-corrected chi connectivity index (χ3v) is 23.2. The van der Waals surface area contributed by atoms with Gasteiger partial charge in [-0.25, -0.2) is 0 Å². The van der Waals surface area contributed by atoms with Gasteiger partial charge in [-0.3, -0.25) is 9.59 Å². The fraction of sp³-hybridized carbons (Fsp3) is 0.944. The second kappa shape index (κ2) is 11.6. The molecular formula is C36H66O5Si2. The van der Waals surface area contributed by atoms with Gasteiger partial charge in [0.15, 0.2) is 16.6 Å². The van der Waals surface area contributed by atoms with E-state index in [0.717, 1.165) is 25.7 Å². The number of carbonyl (C=O) groups is 2. The molecule has 4 saturated carbocycles. The highest BCUT2D eigenvalue weighted by Crippen LogP contribution is 2.68. The van der Waals surface area contributed by atoms with Crippen LogP contribution in [0.2, 0.25) is 36.3 Å². The van der Waals surface area contributed by atoms with Gasteiger partial charge in [0.05, 0.1) is 6.61 Å². The number of esters is 1. The number of carbonyl (C=O) groups excluding carboxylic acids is 2. The molecule has 43 heavy (non-hydrogen) atoms. The predicted octanol–water partition coefficient (Wildman–Crippen LogP) is 9.41. The highest BCUT2D eigenvalue weighted by molar-refractivity contribution is 6.74. The molecule has 0 unspecified atom stereocenters. The zero-order valence-corrected chi connectivity index (χ0v) is 32.3. The molecule has 0 aromatic carbocycles. The van der Waals surface area contributed by atoms with Crippen LogP contribution in [0.5, 0.6) is 0 Å². The molecule has 5 nitrogen and oxygen atoms in total. The fourth-order valence-electron chi connectivity index (χ4n) is 9.68. The largest absolute Gasteiger partial charge is 0.466 e. The van der Waals surface area contributed by atoms with E-state index in [1.165, 1.54) is 19.8 Å². The average Bonchev–Trinajstić information content (AvgIpc) is 3.12. The van der Waals surface area contributed by atoms with E-state index in [2.05, 4.69) is 88.5 Å². The maximum Gasteiger partial charge on any atom is 0.302 e. The molecule has 0 aromatic heterocycles. The van der Waals surface area contributed by atoms with Crippen LogP contribution in [0.1, 0.15) is 114 Å². The van der Waals surface area contributed by atoms with Crippen LogP contribution in [-0.4, -0.2) is 47.2 Å². The van der Waals surface area contributed by atoms with E-state index in [1.807, 2.05) is 0 Å². The molecule has 0 aromatic rings. The highest BCUT2D eigenvalue weighted by Gasteiger charge is 2.66. The molecule has 4 rings (SSSR count). The molecule has 0 bridgehead atoms. The van der Waals surface area contributed by atoms with Crippen LogP contribution >= 0.6 is 0 Å². The lowest BCUT2D eigenvalue weighted by atomic mass is 9.43. The number of hydrogen-bond donors (Lipinski definition) is 0. The molecule has 0 spiro atoms. The number of fused-ring (bicyclic) bond motifs is 5. The van der Waals surface area contributed by atoms with Crippen molar-refractivity contribution >= 4 is 28.4 Å². The molecule has 0 radical (unpaired) electrons. The topological polar surface area (TPSA) is 61.8 Å². The molecule has 4 aliphatic rings. The van der Waals surface area contributed by atoms with Crippen LogP contribution in [-0.2, 0) is 23.2 Å². The Morgan fingerprint density at radius 1 is 0.884 bits per heavy atom. The summed E-state index contributed by atoms with van der Waals surface area (Å²) in [6.45, 7) is 32.7. The molecule has 7 heteroatoms. The highest BCUT2D eigenvalue weighted by atomic mass is 28.4. The minimum absolute atomic E-state index is 0.0365. The molecule has 4 aliphatic carbocycles. The van der Waals surface area contributed by atoms with Crippen LogP contribution in [0, 0.1) is 46.3 Å². The van der Waals surface area contributed by atoms with Crippen molar-refractivity contribution in [2.24, 2.45) is 46.3 Å². The summed E-state index contributed by atoms with van der Waals surface area (Å²) in [7, 11) is -3.93. The van der Waals surface area contributed by atoms with Gasteiger partial charge in [-0.05, 0) is 115 Å². The van der Waals surface area contributed by atoms with Crippen molar-refractivity contribution < 1.29 is 23.2 Å². The molecule has 0 aliphatic heterocycles. The van der Waals surface area contributed by atoms with Crippen molar-refractivity contribution in [2.75, 3.05) is 6.61 Å². The van der Waals surface area contributed by atoms with Crippen LogP contribution in [0.3, 0.4) is 0 Å². The smallest absolute Gasteiger partial charge is 0.302 e. The summed E-state index contributed by atoms with van der Waals surface area (Å²) < 4.78 is 20.0. The Morgan fingerprint density at radius 3 is 2.00 bits per heavy atom. The number of Topliss-reactive ketones (excluding diaryl/α,β-unsaturated/α-hetero) is 1. The number of ether oxygens (including phenoxy) is 1. The second-order valence-corrected chi connectivity index (χ2v) is 28.4. The summed E-state index contributed by atoms with van der Waals surface area (Å²) in [5.41, 5.74) is 0.122. The van der Waals surface area contributed by atoms with Gasteiger partial charge in [-0.2, -0.15) is 0 Å². The first-order valence-electron chi connectivity index (χ1n) is 17.5. The second-order valence-electron chi connectivity index (χ2n) is 18.9. The summed E-state index contributed by atoms with van der Waals surface area (Å²) >= 11 is 0. The lowest BCUT2D eigenvalue weighted by Gasteiger charge is -2.63. The van der Waals surface area contributed by atoms with Gasteiger partial charge in [0, 0.05) is 31.5 Å². The molecule has 0 N–H and O–H groups in total. The average molecular weight is 635 g/mol. The normalized spacial score (nSPS) is 39.5. The number of rotatable bonds is 7. The van der Waals surface area contributed by atoms with Crippen molar-refractivity contribution in [2.45, 2.75) is 163 Å². The maximum atomic E-state index is 14.1. The molecule has 0 saturated heterocycles. The Kier molecular flexibility index (Phi) is 9.56. The van der Waals surface area contributed by atoms with E-state index in [9.17, 15) is 9.59 Å². The van der Waals surface area contributed by atoms with Crippen molar-refractivity contribution in [3.8, 4) is 0 Å². The van der Waals surface area contributed by atoms with Crippen molar-refractivity contribution in [1.29, 1.82) is 0 Å². The molecule has 10 atom stereocenters. The molecule has 0 heterocycles. The minimum Gasteiger partial charge on any atom is -0.466 e. The molecule has 0 amide bonds. The van der Waals surface area contributed by atoms with Gasteiger partial charge in [0.1, 0.15) is 5.78 Å². The first kappa shape index (κ1) is 35.3. The summed E-state index contributed by atoms with van der Waals surface area (Å²) in [4.78, 5) is 25.7. The number of ketones is 1. The van der Waals surface area contributed by atoms with Crippen LogP contribution in [0.4, 0.5) is 0 Å². The van der Waals surface area contributed by atoms with Crippen LogP contribution in [0.25, 0.3) is 0 Å². The van der Waals surface area contributed by atoms with E-state index in [-0.39, 0.29) is 50.7 Å². The number of hydrogen-bond acceptors (Lipinski definition) is 5. The Hall–Kier alpha value is -0.506. The summed E-state index contributed by atoms with van der Waals surface area (Å²) in [6, 6.07) is 0. The Bertz CT molecular complexity index is 1060. The zero-order chi connectivity index (χ0) is 32.6. The first-order chi connectivity index (χ1) is 19.4. The first-order valence-corrected chi connectivity index (χ1v) is 23.3. The quantitative estimate of drug-likeness (QED) is 0.206. The zero-order valence-electron chi connectivity index (χ0n) is 30.3. The van der Waals surface area contributed by atoms with Gasteiger partial charge >= 0.3 is 5.97 Å². The summed E-state index contributed by atoms with van der Waals surface area (Å²) in [5, 5.41) is 0.329. The Labute approximate surface area is 266 Å². The van der Waals surface area contributed by atoms with Crippen molar-refractivity contribution in [3.63, 3.8) is 0 Å². The van der Waals surface area contributed by atoms with Gasteiger partial charge < -0.3 is 13.6 Å². The fourth-order valence-corrected chi connectivity index (χ4v) is 12.4. The lowest BCUT2D eigenvalue weighted by molar-refractivity contribution is -0.172. The Balaban J connectivity index is 1.68. The summed E-state index contributed by atoms with van der Waals surface area (Å²) in [6.07, 6.45) is 7.76. The van der Waals surface area contributed by atoms with E-state index in [0.29, 0.717) is 42.7 Å². The molecule has 4 fully saturated rings. The lowest BCUT2D eigenvalue weighted by Crippen LogP contribution is -2.62. The van der Waals surface area contributed by atoms with Crippen molar-refractivity contribution in [1.82, 2.24) is 0 Å². The third-order valence-electron chi connectivity index (χ3n) is 14.2. The van der Waals surface area contributed by atoms with E-state index < -0.39 is 16.6 Å². The van der Waals surface area contributed by atoms with Gasteiger partial charge in [0.2, 0.25) is 0 Å². The monoisotopic (exact) mass is 634 g/mol. The van der Waals surface area contributed by atoms with Gasteiger partial charge in [0.25, 0.3) is 0 Å². The van der Waals surface area contributed by atoms with Crippen LogP contribution < -0.4 is 0 Å². The van der Waals surface area contributed by atoms with Crippen LogP contribution in [0.15, 0.2) is 0 Å². The SMILES string of the molecule is CC(=O)OC[C@@H](C)[C@H]1CC(=O)[C@H]2[C@@H]3C[C@H](O[Si](C)(C)C(C)(C)C)[C@H]4C[C@@H](O[Si](C)(C)C(C)(C)C)CC[C@]4(C)[C@H]3CC[C@]12C. The Morgan fingerprint density at radius 2 is 1.44 bits per heavy atom. The molecular weight excluding hydrogens is 569 g/mol. The molecule has 248 valence electrons.